The topological polar surface area (TPSA) is 49.4 Å². The molecule has 136 valence electrons. The molecule has 0 spiro atoms. The SMILES string of the molecule is [B]P(=O)([O-])OCCCCCCCCCCCCCCCCCC. The van der Waals surface area contributed by atoms with Crippen LogP contribution in [0.15, 0.2) is 0 Å². The van der Waals surface area contributed by atoms with Crippen LogP contribution in [-0.4, -0.2) is 14.2 Å². The molecule has 0 heterocycles. The van der Waals surface area contributed by atoms with Crippen LogP contribution in [0.5, 0.6) is 0 Å². The molecule has 23 heavy (non-hydrogen) atoms. The standard InChI is InChI=1S/C18H38BO3P/c1-2-3-4-5-6-7-8-9-10-11-12-13-14-15-16-17-18-22-23(19,20)21/h2-18H2,1H3,(H,20,21)/p-1. The van der Waals surface area contributed by atoms with E-state index >= 15 is 0 Å². The number of hydrogen-bond donors (Lipinski definition) is 0. The smallest absolute Gasteiger partial charge is 0.181 e. The van der Waals surface area contributed by atoms with Crippen molar-refractivity contribution >= 4 is 15.0 Å². The Balaban J connectivity index is 3.01. The third kappa shape index (κ3) is 22.2. The van der Waals surface area contributed by atoms with Gasteiger partial charge in [-0.1, -0.05) is 103 Å². The molecule has 5 heteroatoms. The summed E-state index contributed by atoms with van der Waals surface area (Å²) in [5, 5.41) is 0. The van der Waals surface area contributed by atoms with Crippen molar-refractivity contribution in [2.24, 2.45) is 0 Å². The van der Waals surface area contributed by atoms with Gasteiger partial charge in [0.2, 0.25) is 0 Å². The molecule has 1 unspecified atom stereocenters. The fourth-order valence-electron chi connectivity index (χ4n) is 2.84. The summed E-state index contributed by atoms with van der Waals surface area (Å²) in [4.78, 5) is 10.6. The van der Waals surface area contributed by atoms with Crippen molar-refractivity contribution in [1.82, 2.24) is 0 Å². The largest absolute Gasteiger partial charge is 0.787 e. The predicted molar refractivity (Wildman–Crippen MR) is 98.9 cm³/mol. The molecule has 0 fully saturated rings. The maximum absolute atomic E-state index is 10.6. The zero-order chi connectivity index (χ0) is 17.2. The van der Waals surface area contributed by atoms with E-state index in [1.807, 2.05) is 0 Å². The monoisotopic (exact) mass is 343 g/mol. The van der Waals surface area contributed by atoms with Gasteiger partial charge in [0, 0.05) is 0 Å². The fourth-order valence-corrected chi connectivity index (χ4v) is 3.23. The Hall–Kier alpha value is 0.215. The molecule has 0 bridgehead atoms. The molecular weight excluding hydrogens is 306 g/mol. The Morgan fingerprint density at radius 1 is 0.696 bits per heavy atom. The quantitative estimate of drug-likeness (QED) is 0.177. The van der Waals surface area contributed by atoms with Gasteiger partial charge < -0.3 is 14.0 Å². The zero-order valence-corrected chi connectivity index (χ0v) is 16.2. The highest BCUT2D eigenvalue weighted by Gasteiger charge is 1.98. The van der Waals surface area contributed by atoms with Crippen molar-refractivity contribution in [2.45, 2.75) is 110 Å². The van der Waals surface area contributed by atoms with E-state index in [1.165, 1.54) is 83.5 Å². The minimum absolute atomic E-state index is 0.232. The van der Waals surface area contributed by atoms with Gasteiger partial charge in [0.15, 0.2) is 7.57 Å². The molecule has 2 radical (unpaired) electrons. The molecule has 0 rings (SSSR count). The molecule has 0 amide bonds. The van der Waals surface area contributed by atoms with Crippen LogP contribution in [0.3, 0.4) is 0 Å². The third-order valence-electron chi connectivity index (χ3n) is 4.27. The predicted octanol–water partition coefficient (Wildman–Crippen LogP) is 5.90. The van der Waals surface area contributed by atoms with Crippen LogP contribution < -0.4 is 4.89 Å². The van der Waals surface area contributed by atoms with E-state index in [-0.39, 0.29) is 6.61 Å². The molecule has 0 aliphatic carbocycles. The van der Waals surface area contributed by atoms with Gasteiger partial charge >= 0.3 is 0 Å². The summed E-state index contributed by atoms with van der Waals surface area (Å²) >= 11 is 0. The van der Waals surface area contributed by atoms with Crippen LogP contribution in [-0.2, 0) is 9.09 Å². The van der Waals surface area contributed by atoms with Crippen LogP contribution in [0.4, 0.5) is 0 Å². The molecule has 3 nitrogen and oxygen atoms in total. The summed E-state index contributed by atoms with van der Waals surface area (Å²) in [7, 11) is 0.774. The van der Waals surface area contributed by atoms with E-state index < -0.39 is 7.47 Å². The third-order valence-corrected chi connectivity index (χ3v) is 4.81. The minimum Gasteiger partial charge on any atom is -0.787 e. The van der Waals surface area contributed by atoms with E-state index in [1.54, 1.807) is 0 Å². The van der Waals surface area contributed by atoms with E-state index in [9.17, 15) is 9.46 Å². The summed E-state index contributed by atoms with van der Waals surface area (Å²) in [6.07, 6.45) is 20.9. The lowest BCUT2D eigenvalue weighted by molar-refractivity contribution is -0.190. The summed E-state index contributed by atoms with van der Waals surface area (Å²) in [5.74, 6) is 0. The second kappa shape index (κ2) is 17.1. The Bertz CT molecular complexity index is 281. The van der Waals surface area contributed by atoms with E-state index in [2.05, 4.69) is 11.4 Å². The molecule has 0 aliphatic heterocycles. The minimum atomic E-state index is -4.01. The second-order valence-electron chi connectivity index (χ2n) is 6.68. The molecule has 0 aromatic rings. The van der Waals surface area contributed by atoms with E-state index in [0.29, 0.717) is 0 Å². The molecule has 0 aromatic heterocycles. The van der Waals surface area contributed by atoms with Crippen molar-refractivity contribution in [3.05, 3.63) is 0 Å². The summed E-state index contributed by atoms with van der Waals surface area (Å²) in [6, 6.07) is 0. The molecule has 0 aromatic carbocycles. The van der Waals surface area contributed by atoms with Crippen molar-refractivity contribution in [1.29, 1.82) is 0 Å². The van der Waals surface area contributed by atoms with E-state index in [4.69, 9.17) is 7.57 Å². The average molecular weight is 343 g/mol. The lowest BCUT2D eigenvalue weighted by atomic mass is 10.0. The van der Waals surface area contributed by atoms with Crippen molar-refractivity contribution in [3.8, 4) is 0 Å². The van der Waals surface area contributed by atoms with Gasteiger partial charge in [0.25, 0.3) is 0 Å². The lowest BCUT2D eigenvalue weighted by Gasteiger charge is -2.18. The number of hydrogen-bond acceptors (Lipinski definition) is 3. The van der Waals surface area contributed by atoms with Crippen LogP contribution in [0.25, 0.3) is 0 Å². The van der Waals surface area contributed by atoms with Crippen LogP contribution in [0.2, 0.25) is 0 Å². The molecular formula is C18H37BO3P-. The van der Waals surface area contributed by atoms with Gasteiger partial charge in [-0.05, 0) is 6.42 Å². The number of unbranched alkanes of at least 4 members (excludes halogenated alkanes) is 15. The summed E-state index contributed by atoms with van der Waals surface area (Å²) < 4.78 is 15.1. The van der Waals surface area contributed by atoms with Gasteiger partial charge in [-0.15, -0.1) is 0 Å². The van der Waals surface area contributed by atoms with Gasteiger partial charge in [0.05, 0.1) is 14.1 Å². The Labute approximate surface area is 145 Å². The normalized spacial score (nSPS) is 14.0. The van der Waals surface area contributed by atoms with Crippen molar-refractivity contribution in [2.75, 3.05) is 6.61 Å². The van der Waals surface area contributed by atoms with Gasteiger partial charge in [-0.3, -0.25) is 0 Å². The zero-order valence-electron chi connectivity index (χ0n) is 15.3. The summed E-state index contributed by atoms with van der Waals surface area (Å²) in [6.45, 7) is 2.50. The maximum Gasteiger partial charge on any atom is 0.181 e. The summed E-state index contributed by atoms with van der Waals surface area (Å²) in [5.41, 5.74) is 0. The first-order valence-corrected chi connectivity index (χ1v) is 11.4. The highest BCUT2D eigenvalue weighted by Crippen LogP contribution is 2.29. The molecule has 0 N–H and O–H groups in total. The Morgan fingerprint density at radius 3 is 1.30 bits per heavy atom. The molecule has 1 atom stereocenters. The van der Waals surface area contributed by atoms with Gasteiger partial charge in [0.1, 0.15) is 0 Å². The van der Waals surface area contributed by atoms with Crippen molar-refractivity contribution < 1.29 is 14.0 Å². The average Bonchev–Trinajstić information content (AvgIpc) is 2.49. The van der Waals surface area contributed by atoms with Gasteiger partial charge in [-0.2, -0.15) is 0 Å². The fraction of sp³-hybridized carbons (Fsp3) is 1.00. The van der Waals surface area contributed by atoms with E-state index in [0.717, 1.165) is 19.3 Å². The first-order valence-electron chi connectivity index (χ1n) is 9.80. The maximum atomic E-state index is 10.6. The Morgan fingerprint density at radius 2 is 1.00 bits per heavy atom. The van der Waals surface area contributed by atoms with Gasteiger partial charge in [-0.25, -0.2) is 0 Å². The first-order chi connectivity index (χ1) is 11.1. The lowest BCUT2D eigenvalue weighted by Crippen LogP contribution is -2.04. The first kappa shape index (κ1) is 23.2. The second-order valence-corrected chi connectivity index (χ2v) is 8.01. The van der Waals surface area contributed by atoms with Crippen LogP contribution in [0.1, 0.15) is 110 Å². The Kier molecular flexibility index (Phi) is 17.2. The molecule has 0 saturated heterocycles. The van der Waals surface area contributed by atoms with Crippen molar-refractivity contribution in [3.63, 3.8) is 0 Å². The molecule has 0 saturated carbocycles. The van der Waals surface area contributed by atoms with Crippen LogP contribution >= 0.6 is 7.47 Å². The number of rotatable bonds is 18. The highest BCUT2D eigenvalue weighted by atomic mass is 31.2. The molecule has 0 aliphatic rings. The highest BCUT2D eigenvalue weighted by molar-refractivity contribution is 7.77. The van der Waals surface area contributed by atoms with Crippen LogP contribution in [0, 0.1) is 0 Å².